The fraction of sp³-hybridized carbons (Fsp3) is 0.235. The van der Waals surface area contributed by atoms with Gasteiger partial charge in [-0.05, 0) is 59.0 Å². The summed E-state index contributed by atoms with van der Waals surface area (Å²) in [5.74, 6) is 1.09. The third kappa shape index (κ3) is 5.92. The number of unbranched alkanes of at least 4 members (excludes halogenated alkanes) is 1. The van der Waals surface area contributed by atoms with Gasteiger partial charge in [-0.3, -0.25) is 4.79 Å². The zero-order valence-electron chi connectivity index (χ0n) is 24.7. The minimum atomic E-state index is -0.356. The van der Waals surface area contributed by atoms with Crippen LogP contribution in [0.25, 0.3) is 33.5 Å². The Kier molecular flexibility index (Phi) is 8.40. The highest BCUT2D eigenvalue weighted by Gasteiger charge is 2.17. The standard InChI is InChI=1S/C34H33N7O3/c1-3-5-10-30-35-29-19-20-40(21-23-13-17-26(18-14-23)34(43)44-4-2)33(42)31(29)41(30)22-24-11-15-25(16-12-24)27-8-6-7-9-28(27)32-36-38-39-37-32/h6-9,11-20H,3-5,10,21-22H2,1-2H3,(H,36,37,38,39). The molecule has 0 aliphatic heterocycles. The molecule has 6 aromatic rings. The lowest BCUT2D eigenvalue weighted by atomic mass is 9.98. The van der Waals surface area contributed by atoms with Gasteiger partial charge in [-0.25, -0.2) is 9.78 Å². The second-order valence-electron chi connectivity index (χ2n) is 10.6. The van der Waals surface area contributed by atoms with Crippen LogP contribution in [0.5, 0.6) is 0 Å². The molecule has 0 bridgehead atoms. The molecule has 3 heterocycles. The number of nitrogens with zero attached hydrogens (tertiary/aromatic N) is 6. The van der Waals surface area contributed by atoms with Crippen LogP contribution >= 0.6 is 0 Å². The maximum atomic E-state index is 13.9. The van der Waals surface area contributed by atoms with Crippen molar-refractivity contribution in [3.63, 3.8) is 0 Å². The van der Waals surface area contributed by atoms with Crippen LogP contribution in [-0.4, -0.2) is 47.3 Å². The summed E-state index contributed by atoms with van der Waals surface area (Å²) in [6.07, 6.45) is 4.59. The number of fused-ring (bicyclic) bond motifs is 1. The van der Waals surface area contributed by atoms with Crippen LogP contribution in [0.15, 0.2) is 89.9 Å². The van der Waals surface area contributed by atoms with Gasteiger partial charge < -0.3 is 13.9 Å². The van der Waals surface area contributed by atoms with E-state index in [0.29, 0.717) is 42.1 Å². The van der Waals surface area contributed by atoms with Gasteiger partial charge in [0.15, 0.2) is 0 Å². The van der Waals surface area contributed by atoms with Gasteiger partial charge in [0.2, 0.25) is 5.82 Å². The summed E-state index contributed by atoms with van der Waals surface area (Å²) in [7, 11) is 0. The van der Waals surface area contributed by atoms with Gasteiger partial charge in [-0.1, -0.05) is 74.0 Å². The third-order valence-corrected chi connectivity index (χ3v) is 7.64. The molecule has 10 heteroatoms. The van der Waals surface area contributed by atoms with Gasteiger partial charge >= 0.3 is 5.97 Å². The van der Waals surface area contributed by atoms with Crippen molar-refractivity contribution in [3.8, 4) is 22.5 Å². The number of ether oxygens (including phenoxy) is 1. The van der Waals surface area contributed by atoms with Crippen LogP contribution in [0.1, 0.15) is 54.0 Å². The van der Waals surface area contributed by atoms with Gasteiger partial charge in [0.1, 0.15) is 11.3 Å². The zero-order valence-corrected chi connectivity index (χ0v) is 24.7. The first-order valence-corrected chi connectivity index (χ1v) is 14.8. The zero-order chi connectivity index (χ0) is 30.5. The number of benzene rings is 3. The number of tetrazole rings is 1. The second kappa shape index (κ2) is 12.9. The molecular formula is C34H33N7O3. The van der Waals surface area contributed by atoms with E-state index in [0.717, 1.165) is 52.9 Å². The van der Waals surface area contributed by atoms with E-state index in [4.69, 9.17) is 9.72 Å². The highest BCUT2D eigenvalue weighted by molar-refractivity contribution is 5.89. The monoisotopic (exact) mass is 587 g/mol. The number of aromatic amines is 1. The minimum absolute atomic E-state index is 0.0992. The number of esters is 1. The Bertz CT molecular complexity index is 1940. The molecular weight excluding hydrogens is 554 g/mol. The second-order valence-corrected chi connectivity index (χ2v) is 10.6. The molecule has 3 aromatic carbocycles. The number of carbonyl (C=O) groups is 1. The molecule has 0 aliphatic carbocycles. The van der Waals surface area contributed by atoms with Crippen molar-refractivity contribution in [2.75, 3.05) is 6.61 Å². The van der Waals surface area contributed by atoms with Crippen molar-refractivity contribution < 1.29 is 9.53 Å². The lowest BCUT2D eigenvalue weighted by Gasteiger charge is -2.12. The lowest BCUT2D eigenvalue weighted by molar-refractivity contribution is 0.0526. The number of aromatic nitrogens is 7. The summed E-state index contributed by atoms with van der Waals surface area (Å²) in [5.41, 5.74) is 6.59. The fourth-order valence-electron chi connectivity index (χ4n) is 5.38. The van der Waals surface area contributed by atoms with Gasteiger partial charge in [0, 0.05) is 24.7 Å². The van der Waals surface area contributed by atoms with Crippen molar-refractivity contribution in [3.05, 3.63) is 118 Å². The molecule has 222 valence electrons. The largest absolute Gasteiger partial charge is 0.462 e. The predicted molar refractivity (Wildman–Crippen MR) is 168 cm³/mol. The quantitative estimate of drug-likeness (QED) is 0.194. The Balaban J connectivity index is 1.31. The van der Waals surface area contributed by atoms with Crippen LogP contribution in [0.3, 0.4) is 0 Å². The van der Waals surface area contributed by atoms with E-state index < -0.39 is 0 Å². The van der Waals surface area contributed by atoms with Gasteiger partial charge in [0.25, 0.3) is 5.56 Å². The van der Waals surface area contributed by atoms with E-state index in [-0.39, 0.29) is 11.5 Å². The van der Waals surface area contributed by atoms with Crippen molar-refractivity contribution in [1.82, 2.24) is 34.7 Å². The smallest absolute Gasteiger partial charge is 0.338 e. The normalized spacial score (nSPS) is 11.2. The van der Waals surface area contributed by atoms with Gasteiger partial charge in [-0.15, -0.1) is 10.2 Å². The average Bonchev–Trinajstić information content (AvgIpc) is 3.71. The number of carbonyl (C=O) groups excluding carboxylic acids is 1. The molecule has 10 nitrogen and oxygen atoms in total. The topological polar surface area (TPSA) is 121 Å². The molecule has 1 N–H and O–H groups in total. The Morgan fingerprint density at radius 3 is 2.32 bits per heavy atom. The first kappa shape index (κ1) is 28.7. The number of nitrogens with one attached hydrogen (secondary N) is 1. The number of rotatable bonds is 11. The molecule has 0 radical (unpaired) electrons. The third-order valence-electron chi connectivity index (χ3n) is 7.64. The van der Waals surface area contributed by atoms with E-state index in [1.54, 1.807) is 29.8 Å². The van der Waals surface area contributed by atoms with Gasteiger partial charge in [-0.2, -0.15) is 5.21 Å². The van der Waals surface area contributed by atoms with Crippen molar-refractivity contribution in [2.24, 2.45) is 0 Å². The van der Waals surface area contributed by atoms with E-state index in [1.165, 1.54) is 0 Å². The SMILES string of the molecule is CCCCc1nc2ccn(Cc3ccc(C(=O)OCC)cc3)c(=O)c2n1Cc1ccc(-c2ccccc2-c2nn[nH]n2)cc1. The van der Waals surface area contributed by atoms with Crippen LogP contribution < -0.4 is 5.56 Å². The number of pyridine rings is 1. The molecule has 0 aliphatic rings. The van der Waals surface area contributed by atoms with Crippen molar-refractivity contribution in [2.45, 2.75) is 46.2 Å². The van der Waals surface area contributed by atoms with Crippen molar-refractivity contribution in [1.29, 1.82) is 0 Å². The Morgan fingerprint density at radius 2 is 1.61 bits per heavy atom. The number of hydrogen-bond donors (Lipinski definition) is 1. The molecule has 44 heavy (non-hydrogen) atoms. The van der Waals surface area contributed by atoms with Crippen LogP contribution in [0.4, 0.5) is 0 Å². The van der Waals surface area contributed by atoms with Crippen LogP contribution in [0.2, 0.25) is 0 Å². The highest BCUT2D eigenvalue weighted by Crippen LogP contribution is 2.30. The van der Waals surface area contributed by atoms with Crippen LogP contribution in [-0.2, 0) is 24.2 Å². The highest BCUT2D eigenvalue weighted by atomic mass is 16.5. The Morgan fingerprint density at radius 1 is 0.886 bits per heavy atom. The average molecular weight is 588 g/mol. The molecule has 0 fully saturated rings. The molecule has 0 amide bonds. The summed E-state index contributed by atoms with van der Waals surface area (Å²) in [6.45, 7) is 5.15. The molecule has 6 rings (SSSR count). The van der Waals surface area contributed by atoms with E-state index >= 15 is 0 Å². The molecule has 0 atom stereocenters. The van der Waals surface area contributed by atoms with Crippen molar-refractivity contribution >= 4 is 17.0 Å². The predicted octanol–water partition coefficient (Wildman–Crippen LogP) is 5.66. The molecule has 0 spiro atoms. The summed E-state index contributed by atoms with van der Waals surface area (Å²) >= 11 is 0. The number of H-pyrrole nitrogens is 1. The van der Waals surface area contributed by atoms with Gasteiger partial charge in [0.05, 0.1) is 24.2 Å². The summed E-state index contributed by atoms with van der Waals surface area (Å²) in [4.78, 5) is 30.8. The lowest BCUT2D eigenvalue weighted by Crippen LogP contribution is -2.22. The molecule has 3 aromatic heterocycles. The van der Waals surface area contributed by atoms with Crippen LogP contribution in [0, 0.1) is 0 Å². The summed E-state index contributed by atoms with van der Waals surface area (Å²) < 4.78 is 8.84. The van der Waals surface area contributed by atoms with E-state index in [1.807, 2.05) is 42.5 Å². The number of aryl methyl sites for hydroxylation is 1. The van der Waals surface area contributed by atoms with E-state index in [2.05, 4.69) is 56.4 Å². The van der Waals surface area contributed by atoms with E-state index in [9.17, 15) is 9.59 Å². The fourth-order valence-corrected chi connectivity index (χ4v) is 5.38. The first-order chi connectivity index (χ1) is 21.6. The summed E-state index contributed by atoms with van der Waals surface area (Å²) in [6, 6.07) is 25.4. The molecule has 0 saturated heterocycles. The minimum Gasteiger partial charge on any atom is -0.462 e. The molecule has 0 unspecified atom stereocenters. The maximum Gasteiger partial charge on any atom is 0.338 e. The maximum absolute atomic E-state index is 13.9. The molecule has 0 saturated carbocycles. The summed E-state index contributed by atoms with van der Waals surface area (Å²) in [5, 5.41) is 14.5. The number of hydrogen-bond acceptors (Lipinski definition) is 7. The Hall–Kier alpha value is -5.38. The first-order valence-electron chi connectivity index (χ1n) is 14.8. The Labute approximate surface area is 254 Å². The number of imidazole rings is 1.